The quantitative estimate of drug-likeness (QED) is 0.756. The molecule has 2 fully saturated rings. The topological polar surface area (TPSA) is 32.3 Å². The number of rotatable bonds is 1. The molecule has 2 aliphatic heterocycles. The predicted octanol–water partition coefficient (Wildman–Crippen LogP) is 1.88. The van der Waals surface area contributed by atoms with Crippen LogP contribution in [0.3, 0.4) is 0 Å². The maximum Gasteiger partial charge on any atom is 0.227 e. The van der Waals surface area contributed by atoms with Gasteiger partial charge in [0, 0.05) is 19.1 Å². The van der Waals surface area contributed by atoms with E-state index in [1.165, 1.54) is 6.42 Å². The Hall–Kier alpha value is -0.570. The second-order valence-electron chi connectivity index (χ2n) is 6.09. The first-order valence-corrected chi connectivity index (χ1v) is 7.10. The minimum absolute atomic E-state index is 0.226. The summed E-state index contributed by atoms with van der Waals surface area (Å²) in [7, 11) is 0. The van der Waals surface area contributed by atoms with E-state index in [9.17, 15) is 4.79 Å². The average molecular weight is 238 g/mol. The minimum Gasteiger partial charge on any atom is -0.339 e. The SMILES string of the molecule is CC1CC(C)C(C)N(C(=O)[C@H]2CCCNC2)C1. The number of hydrogen-bond acceptors (Lipinski definition) is 2. The van der Waals surface area contributed by atoms with Gasteiger partial charge in [-0.05, 0) is 44.6 Å². The molecule has 0 aromatic heterocycles. The first-order chi connectivity index (χ1) is 8.09. The van der Waals surface area contributed by atoms with Gasteiger partial charge in [0.25, 0.3) is 0 Å². The number of amides is 1. The van der Waals surface area contributed by atoms with Crippen molar-refractivity contribution in [2.75, 3.05) is 19.6 Å². The minimum atomic E-state index is 0.226. The molecule has 1 amide bonds. The zero-order chi connectivity index (χ0) is 12.4. The van der Waals surface area contributed by atoms with E-state index in [1.54, 1.807) is 0 Å². The number of carbonyl (C=O) groups is 1. The van der Waals surface area contributed by atoms with Gasteiger partial charge in [0.1, 0.15) is 0 Å². The van der Waals surface area contributed by atoms with E-state index in [-0.39, 0.29) is 5.92 Å². The number of nitrogens with zero attached hydrogens (tertiary/aromatic N) is 1. The Balaban J connectivity index is 2.01. The Morgan fingerprint density at radius 1 is 1.29 bits per heavy atom. The standard InChI is InChI=1S/C14H26N2O/c1-10-7-11(2)12(3)16(9-10)14(17)13-5-4-6-15-8-13/h10-13,15H,4-9H2,1-3H3/t10?,11?,12?,13-/m0/s1. The van der Waals surface area contributed by atoms with Crippen molar-refractivity contribution >= 4 is 5.91 Å². The fourth-order valence-corrected chi connectivity index (χ4v) is 3.30. The molecule has 98 valence electrons. The molecular formula is C14H26N2O. The second kappa shape index (κ2) is 5.38. The Bertz CT molecular complexity index is 273. The van der Waals surface area contributed by atoms with Crippen LogP contribution in [0, 0.1) is 17.8 Å². The maximum atomic E-state index is 12.5. The van der Waals surface area contributed by atoms with Crippen LogP contribution in [-0.2, 0) is 4.79 Å². The average Bonchev–Trinajstić information content (AvgIpc) is 2.34. The van der Waals surface area contributed by atoms with Crippen LogP contribution in [0.2, 0.25) is 0 Å². The number of likely N-dealkylation sites (tertiary alicyclic amines) is 1. The lowest BCUT2D eigenvalue weighted by molar-refractivity contribution is -0.142. The first-order valence-electron chi connectivity index (χ1n) is 7.10. The van der Waals surface area contributed by atoms with E-state index in [4.69, 9.17) is 0 Å². The molecule has 2 saturated heterocycles. The zero-order valence-electron chi connectivity index (χ0n) is 11.4. The Labute approximate surface area is 105 Å². The Morgan fingerprint density at radius 2 is 2.06 bits per heavy atom. The van der Waals surface area contributed by atoms with Gasteiger partial charge in [0.2, 0.25) is 5.91 Å². The molecule has 3 heteroatoms. The lowest BCUT2D eigenvalue weighted by Crippen LogP contribution is -2.52. The summed E-state index contributed by atoms with van der Waals surface area (Å²) in [6.45, 7) is 9.67. The van der Waals surface area contributed by atoms with Gasteiger partial charge in [-0.25, -0.2) is 0 Å². The molecular weight excluding hydrogens is 212 g/mol. The molecule has 4 atom stereocenters. The molecule has 2 rings (SSSR count). The van der Waals surface area contributed by atoms with Crippen LogP contribution in [0.5, 0.6) is 0 Å². The Morgan fingerprint density at radius 3 is 2.71 bits per heavy atom. The van der Waals surface area contributed by atoms with Crippen molar-refractivity contribution < 1.29 is 4.79 Å². The van der Waals surface area contributed by atoms with Crippen molar-refractivity contribution in [1.82, 2.24) is 10.2 Å². The summed E-state index contributed by atoms with van der Waals surface area (Å²) in [6, 6.07) is 0.417. The van der Waals surface area contributed by atoms with Crippen LogP contribution < -0.4 is 5.32 Å². The summed E-state index contributed by atoms with van der Waals surface area (Å²) in [5.41, 5.74) is 0. The normalized spacial score (nSPS) is 39.1. The summed E-state index contributed by atoms with van der Waals surface area (Å²) in [5.74, 6) is 1.91. The van der Waals surface area contributed by atoms with Crippen molar-refractivity contribution in [2.45, 2.75) is 46.1 Å². The highest BCUT2D eigenvalue weighted by Crippen LogP contribution is 2.29. The van der Waals surface area contributed by atoms with Crippen LogP contribution in [0.15, 0.2) is 0 Å². The van der Waals surface area contributed by atoms with Crippen molar-refractivity contribution in [3.05, 3.63) is 0 Å². The smallest absolute Gasteiger partial charge is 0.227 e. The molecule has 1 N–H and O–H groups in total. The van der Waals surface area contributed by atoms with Crippen molar-refractivity contribution in [2.24, 2.45) is 17.8 Å². The largest absolute Gasteiger partial charge is 0.339 e. The molecule has 2 aliphatic rings. The summed E-state index contributed by atoms with van der Waals surface area (Å²) in [4.78, 5) is 14.7. The van der Waals surface area contributed by atoms with Gasteiger partial charge in [-0.1, -0.05) is 13.8 Å². The summed E-state index contributed by atoms with van der Waals surface area (Å²) in [5, 5.41) is 3.34. The van der Waals surface area contributed by atoms with Crippen molar-refractivity contribution in [1.29, 1.82) is 0 Å². The van der Waals surface area contributed by atoms with Gasteiger partial charge < -0.3 is 10.2 Å². The fraction of sp³-hybridized carbons (Fsp3) is 0.929. The van der Waals surface area contributed by atoms with Crippen LogP contribution >= 0.6 is 0 Å². The van der Waals surface area contributed by atoms with Gasteiger partial charge >= 0.3 is 0 Å². The van der Waals surface area contributed by atoms with E-state index >= 15 is 0 Å². The molecule has 2 heterocycles. The number of carbonyl (C=O) groups excluding carboxylic acids is 1. The van der Waals surface area contributed by atoms with Gasteiger partial charge in [-0.15, -0.1) is 0 Å². The fourth-order valence-electron chi connectivity index (χ4n) is 3.30. The predicted molar refractivity (Wildman–Crippen MR) is 69.7 cm³/mol. The van der Waals surface area contributed by atoms with E-state index in [1.807, 2.05) is 0 Å². The van der Waals surface area contributed by atoms with Crippen LogP contribution in [-0.4, -0.2) is 36.5 Å². The van der Waals surface area contributed by atoms with Gasteiger partial charge in [-0.2, -0.15) is 0 Å². The lowest BCUT2D eigenvalue weighted by Gasteiger charge is -2.43. The highest BCUT2D eigenvalue weighted by Gasteiger charge is 2.35. The van der Waals surface area contributed by atoms with Gasteiger partial charge in [0.15, 0.2) is 0 Å². The third kappa shape index (κ3) is 2.82. The second-order valence-corrected chi connectivity index (χ2v) is 6.09. The van der Waals surface area contributed by atoms with Crippen molar-refractivity contribution in [3.8, 4) is 0 Å². The van der Waals surface area contributed by atoms with E-state index in [2.05, 4.69) is 31.0 Å². The number of nitrogens with one attached hydrogen (secondary N) is 1. The van der Waals surface area contributed by atoms with Crippen molar-refractivity contribution in [3.63, 3.8) is 0 Å². The molecule has 3 nitrogen and oxygen atoms in total. The molecule has 0 aromatic rings. The monoisotopic (exact) mass is 238 g/mol. The lowest BCUT2D eigenvalue weighted by atomic mass is 9.84. The molecule has 3 unspecified atom stereocenters. The van der Waals surface area contributed by atoms with E-state index < -0.39 is 0 Å². The molecule has 17 heavy (non-hydrogen) atoms. The van der Waals surface area contributed by atoms with Gasteiger partial charge in [-0.3, -0.25) is 4.79 Å². The highest BCUT2D eigenvalue weighted by molar-refractivity contribution is 5.79. The van der Waals surface area contributed by atoms with E-state index in [0.29, 0.717) is 23.8 Å². The number of piperidine rings is 2. The third-order valence-corrected chi connectivity index (χ3v) is 4.53. The molecule has 0 spiro atoms. The Kier molecular flexibility index (Phi) is 4.08. The summed E-state index contributed by atoms with van der Waals surface area (Å²) in [6.07, 6.45) is 3.47. The molecule has 0 aromatic carbocycles. The zero-order valence-corrected chi connectivity index (χ0v) is 11.4. The highest BCUT2D eigenvalue weighted by atomic mass is 16.2. The van der Waals surface area contributed by atoms with Crippen LogP contribution in [0.25, 0.3) is 0 Å². The first kappa shape index (κ1) is 12.9. The third-order valence-electron chi connectivity index (χ3n) is 4.53. The molecule has 0 radical (unpaired) electrons. The van der Waals surface area contributed by atoms with E-state index in [0.717, 1.165) is 32.5 Å². The van der Waals surface area contributed by atoms with Crippen LogP contribution in [0.1, 0.15) is 40.0 Å². The van der Waals surface area contributed by atoms with Gasteiger partial charge in [0.05, 0.1) is 5.92 Å². The number of hydrogen-bond donors (Lipinski definition) is 1. The summed E-state index contributed by atoms with van der Waals surface area (Å²) >= 11 is 0. The molecule has 0 aliphatic carbocycles. The molecule has 0 saturated carbocycles. The maximum absolute atomic E-state index is 12.5. The van der Waals surface area contributed by atoms with Crippen LogP contribution in [0.4, 0.5) is 0 Å². The summed E-state index contributed by atoms with van der Waals surface area (Å²) < 4.78 is 0. The molecule has 0 bridgehead atoms.